The van der Waals surface area contributed by atoms with Crippen LogP contribution in [0.1, 0.15) is 33.3 Å². The van der Waals surface area contributed by atoms with E-state index in [0.717, 1.165) is 6.07 Å². The van der Waals surface area contributed by atoms with Crippen LogP contribution in [0, 0.1) is 0 Å². The highest BCUT2D eigenvalue weighted by Crippen LogP contribution is 2.47. The van der Waals surface area contributed by atoms with Crippen molar-refractivity contribution in [3.05, 3.63) is 28.8 Å². The Balaban J connectivity index is 3.34. The van der Waals surface area contributed by atoms with E-state index in [-0.39, 0.29) is 17.1 Å². The monoisotopic (exact) mass is 357 g/mol. The van der Waals surface area contributed by atoms with Crippen LogP contribution >= 0.6 is 11.6 Å². The van der Waals surface area contributed by atoms with Crippen LogP contribution in [0.15, 0.2) is 28.5 Å². The van der Waals surface area contributed by atoms with Crippen LogP contribution in [0.5, 0.6) is 0 Å². The molecule has 0 fully saturated rings. The average molecular weight is 358 g/mol. The molecule has 0 saturated heterocycles. The van der Waals surface area contributed by atoms with Crippen molar-refractivity contribution in [2.75, 3.05) is 0 Å². The number of hydrogen-bond acceptors (Lipinski definition) is 2. The predicted octanol–water partition coefficient (Wildman–Crippen LogP) is 6.11. The number of halogens is 6. The van der Waals surface area contributed by atoms with Gasteiger partial charge in [-0.3, -0.25) is 5.01 Å². The molecule has 3 nitrogen and oxygen atoms in total. The van der Waals surface area contributed by atoms with Gasteiger partial charge in [0, 0.05) is 17.1 Å². The molecule has 0 bridgehead atoms. The van der Waals surface area contributed by atoms with E-state index in [4.69, 9.17) is 11.6 Å². The molecule has 0 N–H and O–H groups in total. The van der Waals surface area contributed by atoms with E-state index in [2.05, 4.69) is 10.3 Å². The van der Waals surface area contributed by atoms with Gasteiger partial charge in [0.25, 0.3) is 0 Å². The highest BCUT2D eigenvalue weighted by Gasteiger charge is 2.59. The van der Waals surface area contributed by atoms with E-state index in [0.29, 0.717) is 6.07 Å². The summed E-state index contributed by atoms with van der Waals surface area (Å²) in [5, 5.41) is 8.62. The van der Waals surface area contributed by atoms with Gasteiger partial charge in [-0.2, -0.15) is 22.0 Å². The molecule has 1 rings (SSSR count). The van der Waals surface area contributed by atoms with Gasteiger partial charge in [0.2, 0.25) is 0 Å². The minimum absolute atomic E-state index is 0.0994. The summed E-state index contributed by atoms with van der Waals surface area (Å²) >= 11 is 5.55. The molecule has 23 heavy (non-hydrogen) atoms. The zero-order chi connectivity index (χ0) is 18.0. The third-order valence-electron chi connectivity index (χ3n) is 2.97. The van der Waals surface area contributed by atoms with Crippen molar-refractivity contribution in [1.29, 1.82) is 0 Å². The van der Waals surface area contributed by atoms with Gasteiger partial charge in [0.1, 0.15) is 0 Å². The maximum absolute atomic E-state index is 13.6. The summed E-state index contributed by atoms with van der Waals surface area (Å²) in [4.78, 5) is 0. The molecule has 0 spiro atoms. The van der Waals surface area contributed by atoms with Crippen LogP contribution in [0.4, 0.5) is 27.6 Å². The van der Waals surface area contributed by atoms with Crippen molar-refractivity contribution < 1.29 is 22.0 Å². The number of benzene rings is 1. The van der Waals surface area contributed by atoms with Gasteiger partial charge in [-0.1, -0.05) is 16.8 Å². The summed E-state index contributed by atoms with van der Waals surface area (Å²) in [6.07, 6.45) is -5.75. The van der Waals surface area contributed by atoms with Gasteiger partial charge < -0.3 is 0 Å². The first-order valence-corrected chi connectivity index (χ1v) is 7.20. The second-order valence-corrected chi connectivity index (χ2v) is 5.93. The van der Waals surface area contributed by atoms with Gasteiger partial charge in [-0.15, -0.1) is 5.11 Å². The number of hydrogen-bond donors (Lipinski definition) is 0. The first-order chi connectivity index (χ1) is 10.4. The van der Waals surface area contributed by atoms with Crippen LogP contribution in [0.3, 0.4) is 0 Å². The van der Waals surface area contributed by atoms with Crippen LogP contribution in [0.25, 0.3) is 0 Å². The quantitative estimate of drug-likeness (QED) is 0.355. The van der Waals surface area contributed by atoms with Gasteiger partial charge in [-0.05, 0) is 45.9 Å². The Bertz CT molecular complexity index is 562. The molecule has 130 valence electrons. The smallest absolute Gasteiger partial charge is 0.273 e. The highest BCUT2D eigenvalue weighted by molar-refractivity contribution is 6.30. The lowest BCUT2D eigenvalue weighted by atomic mass is 10.1. The summed E-state index contributed by atoms with van der Waals surface area (Å²) in [5.41, 5.74) is -1.91. The zero-order valence-corrected chi connectivity index (χ0v) is 13.8. The van der Waals surface area contributed by atoms with E-state index < -0.39 is 23.3 Å². The van der Waals surface area contributed by atoms with Crippen LogP contribution in [-0.4, -0.2) is 23.3 Å². The third-order valence-corrected chi connectivity index (χ3v) is 3.20. The fourth-order valence-electron chi connectivity index (χ4n) is 1.90. The standard InChI is InChI=1S/C14H17ClF5N3/c1-8(2)23(9(3)4)22-21-12-6-5-10(15)7-11(12)13(16,17)14(18,19)20/h5-9H,1-4H3. The Morgan fingerprint density at radius 2 is 1.52 bits per heavy atom. The second-order valence-electron chi connectivity index (χ2n) is 5.49. The van der Waals surface area contributed by atoms with Crippen molar-refractivity contribution in [2.45, 2.75) is 51.9 Å². The highest BCUT2D eigenvalue weighted by atomic mass is 35.5. The molecule has 0 aliphatic heterocycles. The van der Waals surface area contributed by atoms with Crippen LogP contribution < -0.4 is 0 Å². The van der Waals surface area contributed by atoms with E-state index in [1.54, 1.807) is 27.7 Å². The molecule has 0 aliphatic rings. The maximum atomic E-state index is 13.6. The minimum atomic E-state index is -5.75. The summed E-state index contributed by atoms with van der Waals surface area (Å²) in [6.45, 7) is 7.19. The van der Waals surface area contributed by atoms with Crippen molar-refractivity contribution in [1.82, 2.24) is 5.01 Å². The summed E-state index contributed by atoms with van der Waals surface area (Å²) < 4.78 is 65.1. The van der Waals surface area contributed by atoms with Gasteiger partial charge in [0.05, 0.1) is 11.3 Å². The van der Waals surface area contributed by atoms with Crippen LogP contribution in [0.2, 0.25) is 5.02 Å². The van der Waals surface area contributed by atoms with Gasteiger partial charge in [-0.25, -0.2) is 0 Å². The van der Waals surface area contributed by atoms with Crippen molar-refractivity contribution >= 4 is 17.3 Å². The zero-order valence-electron chi connectivity index (χ0n) is 13.0. The lowest BCUT2D eigenvalue weighted by molar-refractivity contribution is -0.289. The Morgan fingerprint density at radius 1 is 1.00 bits per heavy atom. The van der Waals surface area contributed by atoms with Crippen molar-refractivity contribution in [3.63, 3.8) is 0 Å². The third kappa shape index (κ3) is 4.53. The molecular weight excluding hydrogens is 341 g/mol. The summed E-state index contributed by atoms with van der Waals surface area (Å²) in [6, 6.07) is 2.52. The molecule has 0 amide bonds. The lowest BCUT2D eigenvalue weighted by Crippen LogP contribution is -2.34. The van der Waals surface area contributed by atoms with E-state index >= 15 is 0 Å². The molecule has 1 aromatic carbocycles. The molecule has 0 saturated carbocycles. The molecular formula is C14H17ClF5N3. The molecule has 0 atom stereocenters. The molecule has 9 heteroatoms. The molecule has 0 radical (unpaired) electrons. The largest absolute Gasteiger partial charge is 0.458 e. The topological polar surface area (TPSA) is 28.0 Å². The van der Waals surface area contributed by atoms with Crippen molar-refractivity contribution in [2.24, 2.45) is 10.3 Å². The SMILES string of the molecule is CC(C)N(N=Nc1ccc(Cl)cc1C(F)(F)C(F)(F)F)C(C)C. The van der Waals surface area contributed by atoms with Crippen LogP contribution in [-0.2, 0) is 5.92 Å². The first-order valence-electron chi connectivity index (χ1n) is 6.82. The van der Waals surface area contributed by atoms with Gasteiger partial charge in [0.15, 0.2) is 0 Å². The first kappa shape index (κ1) is 19.6. The van der Waals surface area contributed by atoms with E-state index in [9.17, 15) is 22.0 Å². The molecule has 0 aromatic heterocycles. The normalized spacial score (nSPS) is 13.4. The van der Waals surface area contributed by atoms with E-state index in [1.165, 1.54) is 11.1 Å². The lowest BCUT2D eigenvalue weighted by Gasteiger charge is -2.26. The van der Waals surface area contributed by atoms with Crippen molar-refractivity contribution in [3.8, 4) is 0 Å². The number of rotatable bonds is 5. The maximum Gasteiger partial charge on any atom is 0.458 e. The van der Waals surface area contributed by atoms with Gasteiger partial charge >= 0.3 is 12.1 Å². The summed E-state index contributed by atoms with van der Waals surface area (Å²) in [7, 11) is 0. The second kappa shape index (κ2) is 6.98. The molecule has 0 aliphatic carbocycles. The Morgan fingerprint density at radius 3 is 1.96 bits per heavy atom. The Hall–Kier alpha value is -1.44. The summed E-state index contributed by atoms with van der Waals surface area (Å²) in [5.74, 6) is -5.08. The molecule has 0 unspecified atom stereocenters. The predicted molar refractivity (Wildman–Crippen MR) is 78.0 cm³/mol. The fraction of sp³-hybridized carbons (Fsp3) is 0.571. The molecule has 1 aromatic rings. The Labute approximate surface area is 136 Å². The fourth-order valence-corrected chi connectivity index (χ4v) is 2.07. The molecule has 0 heterocycles. The average Bonchev–Trinajstić information content (AvgIpc) is 2.38. The number of nitrogens with zero attached hydrogens (tertiary/aromatic N) is 3. The Kier molecular flexibility index (Phi) is 5.95. The number of alkyl halides is 5. The van der Waals surface area contributed by atoms with E-state index in [1.807, 2.05) is 0 Å². The minimum Gasteiger partial charge on any atom is -0.273 e.